The second-order valence-corrected chi connectivity index (χ2v) is 4.17. The molecule has 82 valence electrons. The van der Waals surface area contributed by atoms with Gasteiger partial charge in [0.1, 0.15) is 0 Å². The molecular formula is C12H17NO2. The minimum atomic E-state index is -0.869. The Morgan fingerprint density at radius 3 is 2.53 bits per heavy atom. The number of carbonyl (C=O) groups is 1. The van der Waals surface area contributed by atoms with Crippen LogP contribution in [0.25, 0.3) is 0 Å². The molecule has 0 bridgehead atoms. The Labute approximate surface area is 89.9 Å². The maximum Gasteiger partial charge on any atom is 0.310 e. The van der Waals surface area contributed by atoms with Gasteiger partial charge in [-0.15, -0.1) is 0 Å². The van der Waals surface area contributed by atoms with Crippen LogP contribution in [0.15, 0.2) is 24.3 Å². The van der Waals surface area contributed by atoms with Gasteiger partial charge < -0.3 is 10.8 Å². The highest BCUT2D eigenvalue weighted by atomic mass is 16.4. The van der Waals surface area contributed by atoms with E-state index in [4.69, 9.17) is 10.8 Å². The average Bonchev–Trinajstić information content (AvgIpc) is 2.21. The average molecular weight is 207 g/mol. The van der Waals surface area contributed by atoms with E-state index in [-0.39, 0.29) is 6.54 Å². The van der Waals surface area contributed by atoms with E-state index in [1.807, 2.05) is 31.2 Å². The van der Waals surface area contributed by atoms with Crippen molar-refractivity contribution in [2.45, 2.75) is 20.3 Å². The third kappa shape index (κ3) is 2.57. The van der Waals surface area contributed by atoms with Gasteiger partial charge in [0, 0.05) is 6.54 Å². The van der Waals surface area contributed by atoms with E-state index in [1.165, 1.54) is 0 Å². The van der Waals surface area contributed by atoms with E-state index in [1.54, 1.807) is 6.92 Å². The number of aliphatic carboxylic acids is 1. The molecule has 1 atom stereocenters. The van der Waals surface area contributed by atoms with Gasteiger partial charge >= 0.3 is 5.97 Å². The summed E-state index contributed by atoms with van der Waals surface area (Å²) in [4.78, 5) is 11.1. The molecule has 0 heterocycles. The summed E-state index contributed by atoms with van der Waals surface area (Å²) in [5.41, 5.74) is 6.81. The molecule has 0 saturated carbocycles. The summed E-state index contributed by atoms with van der Waals surface area (Å²) in [6.07, 6.45) is 0.478. The van der Waals surface area contributed by atoms with Gasteiger partial charge in [0.15, 0.2) is 0 Å². The van der Waals surface area contributed by atoms with Crippen LogP contribution in [0.4, 0.5) is 0 Å². The fourth-order valence-corrected chi connectivity index (χ4v) is 1.46. The predicted octanol–water partition coefficient (Wildman–Crippen LogP) is 1.59. The normalized spacial score (nSPS) is 14.6. The van der Waals surface area contributed by atoms with Crippen LogP contribution in [0.1, 0.15) is 18.1 Å². The highest BCUT2D eigenvalue weighted by Gasteiger charge is 2.31. The Hall–Kier alpha value is -1.35. The number of rotatable bonds is 4. The molecule has 1 aromatic carbocycles. The van der Waals surface area contributed by atoms with Gasteiger partial charge in [-0.1, -0.05) is 24.3 Å². The van der Waals surface area contributed by atoms with Crippen molar-refractivity contribution in [2.24, 2.45) is 11.1 Å². The standard InChI is InChI=1S/C12H17NO2/c1-9-5-3-4-6-10(9)7-12(2,8-13)11(14)15/h3-6H,7-8,13H2,1-2H3,(H,14,15)/t12-/m1/s1. The lowest BCUT2D eigenvalue weighted by Gasteiger charge is -2.23. The maximum absolute atomic E-state index is 11.1. The van der Waals surface area contributed by atoms with Gasteiger partial charge in [0.05, 0.1) is 5.41 Å². The quantitative estimate of drug-likeness (QED) is 0.788. The van der Waals surface area contributed by atoms with Gasteiger partial charge in [0.2, 0.25) is 0 Å². The number of carboxylic acid groups (broad SMARTS) is 1. The maximum atomic E-state index is 11.1. The molecule has 0 amide bonds. The van der Waals surface area contributed by atoms with Crippen LogP contribution in [0.3, 0.4) is 0 Å². The molecule has 0 aliphatic heterocycles. The summed E-state index contributed by atoms with van der Waals surface area (Å²) in [7, 11) is 0. The first-order chi connectivity index (χ1) is 6.99. The van der Waals surface area contributed by atoms with Crippen molar-refractivity contribution in [1.29, 1.82) is 0 Å². The molecule has 3 nitrogen and oxygen atoms in total. The van der Waals surface area contributed by atoms with Crippen LogP contribution in [0, 0.1) is 12.3 Å². The zero-order valence-electron chi connectivity index (χ0n) is 9.16. The number of nitrogens with two attached hydrogens (primary N) is 1. The number of benzene rings is 1. The van der Waals surface area contributed by atoms with Crippen molar-refractivity contribution >= 4 is 5.97 Å². The molecule has 3 N–H and O–H groups in total. The lowest BCUT2D eigenvalue weighted by atomic mass is 9.82. The van der Waals surface area contributed by atoms with Gasteiger partial charge in [-0.2, -0.15) is 0 Å². The summed E-state index contributed by atoms with van der Waals surface area (Å²) in [5.74, 6) is -0.840. The van der Waals surface area contributed by atoms with Crippen LogP contribution in [-0.4, -0.2) is 17.6 Å². The van der Waals surface area contributed by atoms with Crippen molar-refractivity contribution in [3.8, 4) is 0 Å². The van der Waals surface area contributed by atoms with Crippen LogP contribution in [0.2, 0.25) is 0 Å². The van der Waals surface area contributed by atoms with E-state index in [9.17, 15) is 4.79 Å². The molecule has 0 aliphatic rings. The number of carboxylic acids is 1. The molecule has 0 aromatic heterocycles. The van der Waals surface area contributed by atoms with E-state index in [2.05, 4.69) is 0 Å². The van der Waals surface area contributed by atoms with E-state index < -0.39 is 11.4 Å². The molecule has 3 heteroatoms. The molecule has 1 aromatic rings. The largest absolute Gasteiger partial charge is 0.481 e. The molecule has 0 spiro atoms. The van der Waals surface area contributed by atoms with Crippen LogP contribution >= 0.6 is 0 Å². The van der Waals surface area contributed by atoms with Crippen molar-refractivity contribution in [2.75, 3.05) is 6.54 Å². The zero-order valence-corrected chi connectivity index (χ0v) is 9.16. The Morgan fingerprint density at radius 1 is 1.47 bits per heavy atom. The molecule has 15 heavy (non-hydrogen) atoms. The Morgan fingerprint density at radius 2 is 2.07 bits per heavy atom. The second-order valence-electron chi connectivity index (χ2n) is 4.17. The Balaban J connectivity index is 2.94. The minimum absolute atomic E-state index is 0.149. The van der Waals surface area contributed by atoms with Crippen LogP contribution in [-0.2, 0) is 11.2 Å². The zero-order chi connectivity index (χ0) is 11.5. The summed E-state index contributed by atoms with van der Waals surface area (Å²) >= 11 is 0. The van der Waals surface area contributed by atoms with Gasteiger partial charge in [-0.25, -0.2) is 0 Å². The monoisotopic (exact) mass is 207 g/mol. The first kappa shape index (κ1) is 11.7. The number of hydrogen-bond donors (Lipinski definition) is 2. The first-order valence-corrected chi connectivity index (χ1v) is 4.97. The van der Waals surface area contributed by atoms with Gasteiger partial charge in [-0.05, 0) is 31.4 Å². The molecule has 0 radical (unpaired) electrons. The third-order valence-corrected chi connectivity index (χ3v) is 2.81. The van der Waals surface area contributed by atoms with Crippen molar-refractivity contribution in [3.05, 3.63) is 35.4 Å². The second kappa shape index (κ2) is 4.45. The van der Waals surface area contributed by atoms with E-state index in [0.29, 0.717) is 6.42 Å². The summed E-state index contributed by atoms with van der Waals surface area (Å²) in [5, 5.41) is 9.10. The molecular weight excluding hydrogens is 190 g/mol. The number of hydrogen-bond acceptors (Lipinski definition) is 2. The lowest BCUT2D eigenvalue weighted by Crippen LogP contribution is -2.37. The molecule has 0 aliphatic carbocycles. The van der Waals surface area contributed by atoms with E-state index >= 15 is 0 Å². The summed E-state index contributed by atoms with van der Waals surface area (Å²) in [6, 6.07) is 7.79. The molecule has 0 saturated heterocycles. The first-order valence-electron chi connectivity index (χ1n) is 4.97. The Bertz CT molecular complexity index is 362. The molecule has 0 fully saturated rings. The third-order valence-electron chi connectivity index (χ3n) is 2.81. The minimum Gasteiger partial charge on any atom is -0.481 e. The van der Waals surface area contributed by atoms with E-state index in [0.717, 1.165) is 11.1 Å². The van der Waals surface area contributed by atoms with Gasteiger partial charge in [-0.3, -0.25) is 4.79 Å². The van der Waals surface area contributed by atoms with Crippen molar-refractivity contribution in [1.82, 2.24) is 0 Å². The lowest BCUT2D eigenvalue weighted by molar-refractivity contribution is -0.147. The van der Waals surface area contributed by atoms with Crippen LogP contribution in [0.5, 0.6) is 0 Å². The smallest absolute Gasteiger partial charge is 0.310 e. The topological polar surface area (TPSA) is 63.3 Å². The highest BCUT2D eigenvalue weighted by Crippen LogP contribution is 2.23. The van der Waals surface area contributed by atoms with Crippen molar-refractivity contribution in [3.63, 3.8) is 0 Å². The fraction of sp³-hybridized carbons (Fsp3) is 0.417. The Kier molecular flexibility index (Phi) is 3.48. The predicted molar refractivity (Wildman–Crippen MR) is 59.7 cm³/mol. The molecule has 1 rings (SSSR count). The highest BCUT2D eigenvalue weighted by molar-refractivity contribution is 5.75. The van der Waals surface area contributed by atoms with Crippen LogP contribution < -0.4 is 5.73 Å². The SMILES string of the molecule is Cc1ccccc1C[C@](C)(CN)C(=O)O. The number of aryl methyl sites for hydroxylation is 1. The summed E-state index contributed by atoms with van der Waals surface area (Å²) < 4.78 is 0. The van der Waals surface area contributed by atoms with Gasteiger partial charge in [0.25, 0.3) is 0 Å². The summed E-state index contributed by atoms with van der Waals surface area (Å²) in [6.45, 7) is 3.81. The molecule has 0 unspecified atom stereocenters. The fourth-order valence-electron chi connectivity index (χ4n) is 1.46. The van der Waals surface area contributed by atoms with Crippen molar-refractivity contribution < 1.29 is 9.90 Å².